The van der Waals surface area contributed by atoms with Crippen LogP contribution >= 0.6 is 0 Å². The van der Waals surface area contributed by atoms with E-state index in [0.29, 0.717) is 5.69 Å². The number of hydrogen-bond acceptors (Lipinski definition) is 5. The summed E-state index contributed by atoms with van der Waals surface area (Å²) in [5, 5.41) is 20.7. The summed E-state index contributed by atoms with van der Waals surface area (Å²) in [6.45, 7) is 0. The quantitative estimate of drug-likeness (QED) is 0.528. The minimum absolute atomic E-state index is 0.0247. The summed E-state index contributed by atoms with van der Waals surface area (Å²) in [6.07, 6.45) is 0. The van der Waals surface area contributed by atoms with Gasteiger partial charge in [0, 0.05) is 11.3 Å². The van der Waals surface area contributed by atoms with Crippen LogP contribution in [0.2, 0.25) is 0 Å². The molecule has 0 aromatic heterocycles. The van der Waals surface area contributed by atoms with Gasteiger partial charge in [-0.1, -0.05) is 6.07 Å². The van der Waals surface area contributed by atoms with Crippen molar-refractivity contribution >= 4 is 41.0 Å². The Balaban J connectivity index is 1.59. The van der Waals surface area contributed by atoms with E-state index in [0.717, 1.165) is 11.0 Å². The highest BCUT2D eigenvalue weighted by atomic mass is 16.4. The molecule has 9 nitrogen and oxygen atoms in total. The number of anilines is 2. The van der Waals surface area contributed by atoms with Crippen LogP contribution in [0, 0.1) is 0 Å². The van der Waals surface area contributed by atoms with Crippen molar-refractivity contribution in [1.82, 2.24) is 0 Å². The second-order valence-electron chi connectivity index (χ2n) is 6.90. The first-order valence-corrected chi connectivity index (χ1v) is 9.27. The van der Waals surface area contributed by atoms with Gasteiger partial charge in [-0.3, -0.25) is 14.4 Å². The number of hydrogen-bond donors (Lipinski definition) is 3. The van der Waals surface area contributed by atoms with Crippen molar-refractivity contribution in [2.75, 3.05) is 10.2 Å². The predicted octanol–water partition coefficient (Wildman–Crippen LogP) is 3.14. The zero-order valence-corrected chi connectivity index (χ0v) is 16.2. The number of carboxylic acids is 2. The van der Waals surface area contributed by atoms with Gasteiger partial charge < -0.3 is 15.5 Å². The Hall–Kier alpha value is -4.79. The van der Waals surface area contributed by atoms with Crippen molar-refractivity contribution in [2.24, 2.45) is 0 Å². The van der Waals surface area contributed by atoms with Gasteiger partial charge in [-0.25, -0.2) is 14.5 Å². The smallest absolute Gasteiger partial charge is 0.335 e. The molecule has 3 aromatic rings. The van der Waals surface area contributed by atoms with E-state index in [9.17, 15) is 24.0 Å². The van der Waals surface area contributed by atoms with Gasteiger partial charge in [0.25, 0.3) is 17.7 Å². The van der Waals surface area contributed by atoms with E-state index in [1.807, 2.05) is 0 Å². The number of fused-ring (bicyclic) bond motifs is 1. The van der Waals surface area contributed by atoms with E-state index in [4.69, 9.17) is 10.2 Å². The Kier molecular flexibility index (Phi) is 4.99. The molecule has 3 N–H and O–H groups in total. The molecule has 0 atom stereocenters. The third-order valence-electron chi connectivity index (χ3n) is 4.89. The van der Waals surface area contributed by atoms with Gasteiger partial charge in [0.05, 0.1) is 27.9 Å². The lowest BCUT2D eigenvalue weighted by atomic mass is 10.1. The summed E-state index contributed by atoms with van der Waals surface area (Å²) in [7, 11) is 0. The molecule has 4 rings (SSSR count). The van der Waals surface area contributed by atoms with Crippen LogP contribution in [0.1, 0.15) is 51.8 Å². The maximum atomic E-state index is 12.8. The van der Waals surface area contributed by atoms with Crippen LogP contribution in [-0.4, -0.2) is 39.9 Å². The molecule has 158 valence electrons. The van der Waals surface area contributed by atoms with E-state index in [2.05, 4.69) is 5.32 Å². The van der Waals surface area contributed by atoms with Crippen molar-refractivity contribution in [2.45, 2.75) is 0 Å². The summed E-state index contributed by atoms with van der Waals surface area (Å²) in [5.41, 5.74) is 0.689. The maximum Gasteiger partial charge on any atom is 0.335 e. The van der Waals surface area contributed by atoms with Crippen molar-refractivity contribution < 1.29 is 34.2 Å². The molecule has 0 fully saturated rings. The lowest BCUT2D eigenvalue weighted by Crippen LogP contribution is -2.29. The van der Waals surface area contributed by atoms with Gasteiger partial charge in [-0.2, -0.15) is 0 Å². The molecule has 3 aromatic carbocycles. The molecule has 32 heavy (non-hydrogen) atoms. The highest BCUT2D eigenvalue weighted by Crippen LogP contribution is 2.30. The van der Waals surface area contributed by atoms with Gasteiger partial charge in [0.2, 0.25) is 0 Å². The molecule has 1 heterocycles. The van der Waals surface area contributed by atoms with Crippen molar-refractivity contribution in [3.8, 4) is 0 Å². The van der Waals surface area contributed by atoms with Crippen molar-refractivity contribution in [3.63, 3.8) is 0 Å². The van der Waals surface area contributed by atoms with Crippen molar-refractivity contribution in [1.29, 1.82) is 0 Å². The number of benzene rings is 3. The number of rotatable bonds is 5. The molecule has 0 aliphatic carbocycles. The fourth-order valence-corrected chi connectivity index (χ4v) is 3.29. The van der Waals surface area contributed by atoms with Crippen LogP contribution in [0.15, 0.2) is 66.7 Å². The Morgan fingerprint density at radius 1 is 0.688 bits per heavy atom. The Morgan fingerprint density at radius 2 is 1.31 bits per heavy atom. The van der Waals surface area contributed by atoms with Gasteiger partial charge in [0.15, 0.2) is 0 Å². The number of nitrogens with zero attached hydrogens (tertiary/aromatic N) is 1. The molecule has 0 saturated heterocycles. The standard InChI is InChI=1S/C23H14N2O7/c26-19(24-15-7-4-12(5-8-15)22(29)30)13-2-1-3-16(10-13)25-20(27)17-9-6-14(23(31)32)11-18(17)21(25)28/h1-11H,(H,24,26)(H,29,30)(H,31,32). The number of imide groups is 1. The predicted molar refractivity (Wildman–Crippen MR) is 112 cm³/mol. The SMILES string of the molecule is O=C(O)c1ccc(NC(=O)c2cccc(N3C(=O)c4ccc(C(=O)O)cc4C3=O)c2)cc1. The van der Waals surface area contributed by atoms with Crippen LogP contribution < -0.4 is 10.2 Å². The summed E-state index contributed by atoms with van der Waals surface area (Å²) >= 11 is 0. The summed E-state index contributed by atoms with van der Waals surface area (Å²) in [6, 6.07) is 15.1. The van der Waals surface area contributed by atoms with E-state index < -0.39 is 29.7 Å². The Bertz CT molecular complexity index is 1310. The monoisotopic (exact) mass is 430 g/mol. The molecule has 0 saturated carbocycles. The highest BCUT2D eigenvalue weighted by molar-refractivity contribution is 6.34. The fourth-order valence-electron chi connectivity index (χ4n) is 3.29. The van der Waals surface area contributed by atoms with E-state index in [-0.39, 0.29) is 33.5 Å². The number of carbonyl (C=O) groups excluding carboxylic acids is 3. The topological polar surface area (TPSA) is 141 Å². The molecule has 3 amide bonds. The maximum absolute atomic E-state index is 12.8. The lowest BCUT2D eigenvalue weighted by molar-refractivity contribution is 0.0686. The van der Waals surface area contributed by atoms with Gasteiger partial charge >= 0.3 is 11.9 Å². The van der Waals surface area contributed by atoms with E-state index in [1.165, 1.54) is 60.7 Å². The molecule has 0 unspecified atom stereocenters. The first-order chi connectivity index (χ1) is 15.3. The lowest BCUT2D eigenvalue weighted by Gasteiger charge is -2.15. The molecule has 0 spiro atoms. The second-order valence-corrected chi connectivity index (χ2v) is 6.90. The third-order valence-corrected chi connectivity index (χ3v) is 4.89. The summed E-state index contributed by atoms with van der Waals surface area (Å²) < 4.78 is 0. The largest absolute Gasteiger partial charge is 0.478 e. The average Bonchev–Trinajstić information content (AvgIpc) is 3.03. The highest BCUT2D eigenvalue weighted by Gasteiger charge is 2.37. The van der Waals surface area contributed by atoms with E-state index >= 15 is 0 Å². The molecule has 9 heteroatoms. The molecule has 1 aliphatic heterocycles. The molecule has 0 radical (unpaired) electrons. The fraction of sp³-hybridized carbons (Fsp3) is 0. The van der Waals surface area contributed by atoms with E-state index in [1.54, 1.807) is 0 Å². The zero-order valence-electron chi connectivity index (χ0n) is 16.2. The molecule has 0 bridgehead atoms. The minimum atomic E-state index is -1.22. The zero-order chi connectivity index (χ0) is 23.0. The van der Waals surface area contributed by atoms with Crippen LogP contribution in [0.25, 0.3) is 0 Å². The van der Waals surface area contributed by atoms with Gasteiger partial charge in [-0.15, -0.1) is 0 Å². The minimum Gasteiger partial charge on any atom is -0.478 e. The summed E-state index contributed by atoms with van der Waals surface area (Å²) in [4.78, 5) is 61.2. The molecular formula is C23H14N2O7. The van der Waals surface area contributed by atoms with Crippen molar-refractivity contribution in [3.05, 3.63) is 94.5 Å². The average molecular weight is 430 g/mol. The normalized spacial score (nSPS) is 12.4. The number of nitrogens with one attached hydrogen (secondary N) is 1. The van der Waals surface area contributed by atoms with Crippen LogP contribution in [0.4, 0.5) is 11.4 Å². The Labute approximate surface area is 180 Å². The second kappa shape index (κ2) is 7.80. The number of carbonyl (C=O) groups is 5. The van der Waals surface area contributed by atoms with Gasteiger partial charge in [0.1, 0.15) is 0 Å². The number of aromatic carboxylic acids is 2. The summed E-state index contributed by atoms with van der Waals surface area (Å²) in [5.74, 6) is -4.15. The first kappa shape index (κ1) is 20.5. The number of carboxylic acid groups (broad SMARTS) is 2. The third kappa shape index (κ3) is 3.58. The number of amides is 3. The molecular weight excluding hydrogens is 416 g/mol. The molecule has 1 aliphatic rings. The van der Waals surface area contributed by atoms with Gasteiger partial charge in [-0.05, 0) is 60.7 Å². The van der Waals surface area contributed by atoms with Crippen LogP contribution in [0.3, 0.4) is 0 Å². The first-order valence-electron chi connectivity index (χ1n) is 9.27. The van der Waals surface area contributed by atoms with Crippen LogP contribution in [-0.2, 0) is 0 Å². The Morgan fingerprint density at radius 3 is 1.97 bits per heavy atom. The van der Waals surface area contributed by atoms with Crippen LogP contribution in [0.5, 0.6) is 0 Å².